The Hall–Kier alpha value is -1.98. The van der Waals surface area contributed by atoms with E-state index in [0.29, 0.717) is 17.3 Å². The lowest BCUT2D eigenvalue weighted by Crippen LogP contribution is -2.27. The van der Waals surface area contributed by atoms with Crippen LogP contribution in [0.25, 0.3) is 11.0 Å². The minimum Gasteiger partial charge on any atom is -0.341 e. The molecule has 0 unspecified atom stereocenters. The number of imidazole rings is 1. The molecule has 1 aromatic heterocycles. The maximum absolute atomic E-state index is 12.3. The average Bonchev–Trinajstić information content (AvgIpc) is 2.95. The SMILES string of the molecule is CN(Cc1cccc(Cl)c1)C(=O)CSc1nc2ccccc2[nH]1. The molecule has 23 heavy (non-hydrogen) atoms. The molecule has 0 saturated carbocycles. The highest BCUT2D eigenvalue weighted by molar-refractivity contribution is 7.99. The van der Waals surface area contributed by atoms with Crippen LogP contribution in [-0.2, 0) is 11.3 Å². The van der Waals surface area contributed by atoms with Gasteiger partial charge >= 0.3 is 0 Å². The van der Waals surface area contributed by atoms with Crippen LogP contribution >= 0.6 is 23.4 Å². The normalized spacial score (nSPS) is 10.9. The van der Waals surface area contributed by atoms with Crippen molar-refractivity contribution in [2.75, 3.05) is 12.8 Å². The lowest BCUT2D eigenvalue weighted by atomic mass is 10.2. The Morgan fingerprint density at radius 3 is 2.87 bits per heavy atom. The average molecular weight is 346 g/mol. The van der Waals surface area contributed by atoms with Gasteiger partial charge in [0.1, 0.15) is 0 Å². The molecule has 3 rings (SSSR count). The quantitative estimate of drug-likeness (QED) is 0.712. The van der Waals surface area contributed by atoms with Gasteiger partial charge in [-0.25, -0.2) is 4.98 Å². The zero-order valence-corrected chi connectivity index (χ0v) is 14.2. The van der Waals surface area contributed by atoms with Gasteiger partial charge in [-0.05, 0) is 29.8 Å². The summed E-state index contributed by atoms with van der Waals surface area (Å²) in [5, 5.41) is 1.44. The number of nitrogens with zero attached hydrogens (tertiary/aromatic N) is 2. The van der Waals surface area contributed by atoms with E-state index in [1.807, 2.05) is 48.5 Å². The second kappa shape index (κ2) is 7.06. The molecule has 1 amide bonds. The van der Waals surface area contributed by atoms with Crippen molar-refractivity contribution in [2.24, 2.45) is 0 Å². The van der Waals surface area contributed by atoms with Gasteiger partial charge in [-0.15, -0.1) is 0 Å². The number of benzene rings is 2. The molecule has 0 aliphatic rings. The third kappa shape index (κ3) is 4.06. The number of hydrogen-bond donors (Lipinski definition) is 1. The molecule has 4 nitrogen and oxygen atoms in total. The second-order valence-corrected chi connectivity index (χ2v) is 6.63. The zero-order valence-electron chi connectivity index (χ0n) is 12.6. The van der Waals surface area contributed by atoms with Gasteiger partial charge in [0, 0.05) is 18.6 Å². The minimum absolute atomic E-state index is 0.0513. The van der Waals surface area contributed by atoms with E-state index in [1.54, 1.807) is 11.9 Å². The fourth-order valence-corrected chi connectivity index (χ4v) is 3.27. The van der Waals surface area contributed by atoms with Gasteiger partial charge in [0.2, 0.25) is 5.91 Å². The van der Waals surface area contributed by atoms with Crippen LogP contribution in [0.2, 0.25) is 5.02 Å². The number of rotatable bonds is 5. The van der Waals surface area contributed by atoms with Crippen LogP contribution in [0, 0.1) is 0 Å². The summed E-state index contributed by atoms with van der Waals surface area (Å²) in [6, 6.07) is 15.4. The Bertz CT molecular complexity index is 800. The number of para-hydroxylation sites is 2. The highest BCUT2D eigenvalue weighted by atomic mass is 35.5. The highest BCUT2D eigenvalue weighted by Gasteiger charge is 2.12. The first kappa shape index (κ1) is 15.9. The van der Waals surface area contributed by atoms with Crippen LogP contribution in [0.4, 0.5) is 0 Å². The molecule has 0 aliphatic heterocycles. The van der Waals surface area contributed by atoms with E-state index >= 15 is 0 Å². The predicted octanol–water partition coefficient (Wildman–Crippen LogP) is 3.97. The molecule has 0 radical (unpaired) electrons. The molecule has 0 fully saturated rings. The number of hydrogen-bond acceptors (Lipinski definition) is 3. The molecular weight excluding hydrogens is 330 g/mol. The minimum atomic E-state index is 0.0513. The summed E-state index contributed by atoms with van der Waals surface area (Å²) in [5.41, 5.74) is 2.91. The van der Waals surface area contributed by atoms with E-state index in [9.17, 15) is 4.79 Å². The first-order valence-corrected chi connectivity index (χ1v) is 8.54. The van der Waals surface area contributed by atoms with Crippen molar-refractivity contribution in [2.45, 2.75) is 11.7 Å². The standard InChI is InChI=1S/C17H16ClN3OS/c1-21(10-12-5-4-6-13(18)9-12)16(22)11-23-17-19-14-7-2-3-8-15(14)20-17/h2-9H,10-11H2,1H3,(H,19,20). The fraction of sp³-hybridized carbons (Fsp3) is 0.176. The molecule has 2 aromatic carbocycles. The topological polar surface area (TPSA) is 49.0 Å². The molecule has 0 saturated heterocycles. The van der Waals surface area contributed by atoms with Crippen molar-refractivity contribution in [1.82, 2.24) is 14.9 Å². The zero-order chi connectivity index (χ0) is 16.2. The van der Waals surface area contributed by atoms with E-state index in [2.05, 4.69) is 9.97 Å². The number of carbonyl (C=O) groups is 1. The third-order valence-electron chi connectivity index (χ3n) is 3.43. The lowest BCUT2D eigenvalue weighted by molar-refractivity contribution is -0.127. The van der Waals surface area contributed by atoms with Gasteiger partial charge < -0.3 is 9.88 Å². The number of nitrogens with one attached hydrogen (secondary N) is 1. The van der Waals surface area contributed by atoms with Crippen molar-refractivity contribution in [1.29, 1.82) is 0 Å². The van der Waals surface area contributed by atoms with Crippen LogP contribution in [0.1, 0.15) is 5.56 Å². The van der Waals surface area contributed by atoms with Crippen LogP contribution in [0.5, 0.6) is 0 Å². The first-order valence-electron chi connectivity index (χ1n) is 7.18. The van der Waals surface area contributed by atoms with Crippen LogP contribution < -0.4 is 0 Å². The van der Waals surface area contributed by atoms with Gasteiger partial charge in [0.25, 0.3) is 0 Å². The summed E-state index contributed by atoms with van der Waals surface area (Å²) < 4.78 is 0. The van der Waals surface area contributed by atoms with Gasteiger partial charge in [0.05, 0.1) is 16.8 Å². The van der Waals surface area contributed by atoms with E-state index in [4.69, 9.17) is 11.6 Å². The van der Waals surface area contributed by atoms with Crippen LogP contribution in [-0.4, -0.2) is 33.6 Å². The number of halogens is 1. The Morgan fingerprint density at radius 1 is 1.26 bits per heavy atom. The molecule has 0 atom stereocenters. The monoisotopic (exact) mass is 345 g/mol. The number of H-pyrrole nitrogens is 1. The summed E-state index contributed by atoms with van der Waals surface area (Å²) >= 11 is 7.38. The van der Waals surface area contributed by atoms with E-state index in [1.165, 1.54) is 11.8 Å². The molecule has 0 bridgehead atoms. The summed E-state index contributed by atoms with van der Waals surface area (Å²) in [6.45, 7) is 0.542. The van der Waals surface area contributed by atoms with Crippen LogP contribution in [0.3, 0.4) is 0 Å². The third-order valence-corrected chi connectivity index (χ3v) is 4.53. The lowest BCUT2D eigenvalue weighted by Gasteiger charge is -2.16. The summed E-state index contributed by atoms with van der Waals surface area (Å²) in [7, 11) is 1.79. The van der Waals surface area contributed by atoms with Crippen molar-refractivity contribution < 1.29 is 4.79 Å². The molecule has 118 valence electrons. The number of thioether (sulfide) groups is 1. The Morgan fingerprint density at radius 2 is 2.09 bits per heavy atom. The van der Waals surface area contributed by atoms with Gasteiger partial charge in [-0.2, -0.15) is 0 Å². The predicted molar refractivity (Wildman–Crippen MR) is 94.7 cm³/mol. The molecule has 1 heterocycles. The summed E-state index contributed by atoms with van der Waals surface area (Å²) in [6.07, 6.45) is 0. The highest BCUT2D eigenvalue weighted by Crippen LogP contribution is 2.20. The molecule has 3 aromatic rings. The molecule has 1 N–H and O–H groups in total. The maximum atomic E-state index is 12.3. The number of amides is 1. The van der Waals surface area contributed by atoms with Crippen molar-refractivity contribution in [3.8, 4) is 0 Å². The van der Waals surface area contributed by atoms with Crippen molar-refractivity contribution in [3.05, 3.63) is 59.1 Å². The van der Waals surface area contributed by atoms with Gasteiger partial charge in [-0.3, -0.25) is 4.79 Å². The van der Waals surface area contributed by atoms with Crippen molar-refractivity contribution in [3.63, 3.8) is 0 Å². The summed E-state index contributed by atoms with van der Waals surface area (Å²) in [4.78, 5) is 21.6. The van der Waals surface area contributed by atoms with E-state index in [-0.39, 0.29) is 5.91 Å². The van der Waals surface area contributed by atoms with Gasteiger partial charge in [-0.1, -0.05) is 47.6 Å². The Labute approximate surface area is 143 Å². The largest absolute Gasteiger partial charge is 0.341 e. The molecular formula is C17H16ClN3OS. The van der Waals surface area contributed by atoms with Crippen molar-refractivity contribution >= 4 is 40.3 Å². The molecule has 6 heteroatoms. The molecule has 0 aliphatic carbocycles. The van der Waals surface area contributed by atoms with Gasteiger partial charge in [0.15, 0.2) is 5.16 Å². The number of aromatic nitrogens is 2. The second-order valence-electron chi connectivity index (χ2n) is 5.23. The Kier molecular flexibility index (Phi) is 4.88. The Balaban J connectivity index is 1.58. The maximum Gasteiger partial charge on any atom is 0.233 e. The first-order chi connectivity index (χ1) is 11.1. The number of aromatic amines is 1. The molecule has 0 spiro atoms. The summed E-state index contributed by atoms with van der Waals surface area (Å²) in [5.74, 6) is 0.395. The smallest absolute Gasteiger partial charge is 0.233 e. The fourth-order valence-electron chi connectivity index (χ4n) is 2.24. The van der Waals surface area contributed by atoms with E-state index < -0.39 is 0 Å². The number of fused-ring (bicyclic) bond motifs is 1. The number of carbonyl (C=O) groups excluding carboxylic acids is 1. The van der Waals surface area contributed by atoms with Crippen LogP contribution in [0.15, 0.2) is 53.7 Å². The van der Waals surface area contributed by atoms with E-state index in [0.717, 1.165) is 21.8 Å².